The van der Waals surface area contributed by atoms with Crippen LogP contribution in [0.2, 0.25) is 0 Å². The van der Waals surface area contributed by atoms with Crippen molar-refractivity contribution in [2.24, 2.45) is 0 Å². The van der Waals surface area contributed by atoms with Crippen LogP contribution in [0.3, 0.4) is 0 Å². The van der Waals surface area contributed by atoms with Gasteiger partial charge in [0.25, 0.3) is 5.91 Å². The van der Waals surface area contributed by atoms with Crippen LogP contribution in [0.1, 0.15) is 40.9 Å². The van der Waals surface area contributed by atoms with E-state index in [0.29, 0.717) is 13.1 Å². The smallest absolute Gasteiger partial charge is 0.327 e. The van der Waals surface area contributed by atoms with Crippen LogP contribution in [-0.2, 0) is 17.9 Å². The van der Waals surface area contributed by atoms with Gasteiger partial charge in [-0.15, -0.1) is 0 Å². The SMILES string of the molecule is Cc1c(-c2ccc(CN3CC(=O)N(C)C3=O)cc2)ccc2c1CN(C(C)C)C2=O. The lowest BCUT2D eigenvalue weighted by atomic mass is 9.93. The lowest BCUT2D eigenvalue weighted by Gasteiger charge is -2.20. The molecule has 0 aromatic heterocycles. The molecular formula is C23H25N3O3. The number of hydrogen-bond acceptors (Lipinski definition) is 3. The van der Waals surface area contributed by atoms with Gasteiger partial charge >= 0.3 is 6.03 Å². The molecule has 2 aliphatic heterocycles. The second-order valence-electron chi connectivity index (χ2n) is 8.08. The van der Waals surface area contributed by atoms with E-state index in [-0.39, 0.29) is 30.4 Å². The van der Waals surface area contributed by atoms with E-state index < -0.39 is 0 Å². The number of carbonyl (C=O) groups excluding carboxylic acids is 3. The highest BCUT2D eigenvalue weighted by Gasteiger charge is 2.33. The largest absolute Gasteiger partial charge is 0.332 e. The maximum Gasteiger partial charge on any atom is 0.327 e. The van der Waals surface area contributed by atoms with E-state index in [1.54, 1.807) is 4.90 Å². The van der Waals surface area contributed by atoms with Crippen molar-refractivity contribution in [2.75, 3.05) is 13.6 Å². The average molecular weight is 391 g/mol. The molecule has 0 atom stereocenters. The minimum Gasteiger partial charge on any atom is -0.332 e. The summed E-state index contributed by atoms with van der Waals surface area (Å²) in [6.07, 6.45) is 0. The van der Waals surface area contributed by atoms with Crippen LogP contribution < -0.4 is 0 Å². The van der Waals surface area contributed by atoms with Gasteiger partial charge in [0.2, 0.25) is 5.91 Å². The number of benzene rings is 2. The van der Waals surface area contributed by atoms with E-state index in [1.165, 1.54) is 7.05 Å². The van der Waals surface area contributed by atoms with E-state index in [2.05, 4.69) is 6.92 Å². The summed E-state index contributed by atoms with van der Waals surface area (Å²) in [6.45, 7) is 7.34. The maximum absolute atomic E-state index is 12.6. The van der Waals surface area contributed by atoms with E-state index in [1.807, 2.05) is 55.1 Å². The fourth-order valence-corrected chi connectivity index (χ4v) is 4.08. The summed E-state index contributed by atoms with van der Waals surface area (Å²) in [5, 5.41) is 0. The van der Waals surface area contributed by atoms with Crippen molar-refractivity contribution in [1.29, 1.82) is 0 Å². The first-order chi connectivity index (χ1) is 13.8. The summed E-state index contributed by atoms with van der Waals surface area (Å²) in [6, 6.07) is 11.9. The van der Waals surface area contributed by atoms with Gasteiger partial charge in [-0.2, -0.15) is 0 Å². The van der Waals surface area contributed by atoms with Gasteiger partial charge in [0.15, 0.2) is 0 Å². The number of nitrogens with zero attached hydrogens (tertiary/aromatic N) is 3. The van der Waals surface area contributed by atoms with Gasteiger partial charge in [-0.25, -0.2) is 4.79 Å². The van der Waals surface area contributed by atoms with Crippen molar-refractivity contribution in [3.63, 3.8) is 0 Å². The molecule has 2 aromatic rings. The van der Waals surface area contributed by atoms with Crippen molar-refractivity contribution in [2.45, 2.75) is 39.9 Å². The third-order valence-electron chi connectivity index (χ3n) is 5.94. The van der Waals surface area contributed by atoms with Crippen LogP contribution in [0.15, 0.2) is 36.4 Å². The fraction of sp³-hybridized carbons (Fsp3) is 0.348. The molecule has 4 amide bonds. The molecule has 2 aromatic carbocycles. The molecule has 4 rings (SSSR count). The topological polar surface area (TPSA) is 60.9 Å². The summed E-state index contributed by atoms with van der Waals surface area (Å²) in [5.41, 5.74) is 6.21. The Morgan fingerprint density at radius 3 is 2.17 bits per heavy atom. The van der Waals surface area contributed by atoms with Gasteiger partial charge in [-0.05, 0) is 54.7 Å². The number of carbonyl (C=O) groups is 3. The Kier molecular flexibility index (Phi) is 4.65. The molecule has 1 fully saturated rings. The van der Waals surface area contributed by atoms with Gasteiger partial charge in [0, 0.05) is 31.7 Å². The average Bonchev–Trinajstić information content (AvgIpc) is 3.16. The zero-order chi connectivity index (χ0) is 20.9. The normalized spacial score (nSPS) is 16.4. The molecular weight excluding hydrogens is 366 g/mol. The van der Waals surface area contributed by atoms with E-state index in [4.69, 9.17) is 0 Å². The summed E-state index contributed by atoms with van der Waals surface area (Å²) >= 11 is 0. The first-order valence-corrected chi connectivity index (χ1v) is 9.86. The first-order valence-electron chi connectivity index (χ1n) is 9.86. The highest BCUT2D eigenvalue weighted by molar-refractivity contribution is 6.01. The standard InChI is InChI=1S/C23H25N3O3/c1-14(2)26-12-20-15(3)18(9-10-19(20)22(26)28)17-7-5-16(6-8-17)11-25-13-21(27)24(4)23(25)29/h5-10,14H,11-13H2,1-4H3. The van der Waals surface area contributed by atoms with Gasteiger partial charge in [0.1, 0.15) is 6.54 Å². The maximum atomic E-state index is 12.6. The second kappa shape index (κ2) is 7.03. The highest BCUT2D eigenvalue weighted by Crippen LogP contribution is 2.34. The zero-order valence-corrected chi connectivity index (χ0v) is 17.2. The van der Waals surface area contributed by atoms with Crippen molar-refractivity contribution in [3.8, 4) is 11.1 Å². The summed E-state index contributed by atoms with van der Waals surface area (Å²) < 4.78 is 0. The molecule has 29 heavy (non-hydrogen) atoms. The van der Waals surface area contributed by atoms with E-state index >= 15 is 0 Å². The molecule has 2 heterocycles. The van der Waals surface area contributed by atoms with Crippen LogP contribution in [0, 0.1) is 6.92 Å². The predicted octanol–water partition coefficient (Wildman–Crippen LogP) is 3.42. The monoisotopic (exact) mass is 391 g/mol. The molecule has 6 heteroatoms. The molecule has 2 aliphatic rings. The third-order valence-corrected chi connectivity index (χ3v) is 5.94. The number of likely N-dealkylation sites (N-methyl/N-ethyl adjacent to an activating group) is 1. The third kappa shape index (κ3) is 3.18. The van der Waals surface area contributed by atoms with Crippen LogP contribution in [0.25, 0.3) is 11.1 Å². The Morgan fingerprint density at radius 1 is 0.931 bits per heavy atom. The Hall–Kier alpha value is -3.15. The van der Waals surface area contributed by atoms with Gasteiger partial charge in [-0.1, -0.05) is 30.3 Å². The molecule has 0 spiro atoms. The van der Waals surface area contributed by atoms with Crippen molar-refractivity contribution in [3.05, 3.63) is 58.7 Å². The van der Waals surface area contributed by atoms with Gasteiger partial charge in [0.05, 0.1) is 0 Å². The summed E-state index contributed by atoms with van der Waals surface area (Å²) in [5.74, 6) is -0.0693. The molecule has 150 valence electrons. The van der Waals surface area contributed by atoms with Crippen molar-refractivity contribution >= 4 is 17.8 Å². The lowest BCUT2D eigenvalue weighted by Crippen LogP contribution is -2.30. The molecule has 1 saturated heterocycles. The Bertz CT molecular complexity index is 1010. The molecule has 6 nitrogen and oxygen atoms in total. The van der Waals surface area contributed by atoms with Crippen molar-refractivity contribution < 1.29 is 14.4 Å². The van der Waals surface area contributed by atoms with Crippen molar-refractivity contribution in [1.82, 2.24) is 14.7 Å². The minimum absolute atomic E-state index is 0.106. The summed E-state index contributed by atoms with van der Waals surface area (Å²) in [7, 11) is 1.51. The van der Waals surface area contributed by atoms with E-state index in [0.717, 1.165) is 38.3 Å². The Labute approximate surface area is 170 Å². The number of hydrogen-bond donors (Lipinski definition) is 0. The number of rotatable bonds is 4. The number of amides is 4. The number of urea groups is 1. The fourth-order valence-electron chi connectivity index (χ4n) is 4.08. The first kappa shape index (κ1) is 19.2. The number of fused-ring (bicyclic) bond motifs is 1. The number of imide groups is 1. The molecule has 0 saturated carbocycles. The van der Waals surface area contributed by atoms with E-state index in [9.17, 15) is 14.4 Å². The molecule has 0 N–H and O–H groups in total. The van der Waals surface area contributed by atoms with Crippen LogP contribution in [0.4, 0.5) is 4.79 Å². The Morgan fingerprint density at radius 2 is 1.59 bits per heavy atom. The molecule has 0 bridgehead atoms. The van der Waals surface area contributed by atoms with Crippen LogP contribution in [0.5, 0.6) is 0 Å². The predicted molar refractivity (Wildman–Crippen MR) is 110 cm³/mol. The zero-order valence-electron chi connectivity index (χ0n) is 17.2. The molecule has 0 aliphatic carbocycles. The molecule has 0 radical (unpaired) electrons. The second-order valence-corrected chi connectivity index (χ2v) is 8.08. The minimum atomic E-state index is -0.257. The molecule has 0 unspecified atom stereocenters. The lowest BCUT2D eigenvalue weighted by molar-refractivity contribution is -0.124. The van der Waals surface area contributed by atoms with Gasteiger partial charge < -0.3 is 9.80 Å². The summed E-state index contributed by atoms with van der Waals surface area (Å²) in [4.78, 5) is 40.9. The van der Waals surface area contributed by atoms with Gasteiger partial charge in [-0.3, -0.25) is 14.5 Å². The highest BCUT2D eigenvalue weighted by atomic mass is 16.2. The van der Waals surface area contributed by atoms with Crippen LogP contribution >= 0.6 is 0 Å². The quantitative estimate of drug-likeness (QED) is 0.751. The van der Waals surface area contributed by atoms with Crippen LogP contribution in [-0.4, -0.2) is 52.2 Å². The Balaban J connectivity index is 1.57.